The van der Waals surface area contributed by atoms with Crippen LogP contribution >= 0.6 is 0 Å². The van der Waals surface area contributed by atoms with Gasteiger partial charge in [-0.05, 0) is 30.5 Å². The van der Waals surface area contributed by atoms with E-state index in [2.05, 4.69) is 0 Å². The molecular weight excluding hydrogens is 216 g/mol. The molecule has 1 fully saturated rings. The van der Waals surface area contributed by atoms with Crippen molar-refractivity contribution in [2.75, 3.05) is 18.6 Å². The van der Waals surface area contributed by atoms with Crippen molar-refractivity contribution >= 4 is 11.6 Å². The van der Waals surface area contributed by atoms with E-state index in [0.29, 0.717) is 13.2 Å². The number of likely N-dealkylation sites (N-methyl/N-ethyl adjacent to an activating group) is 1. The summed E-state index contributed by atoms with van der Waals surface area (Å²) in [6, 6.07) is 7.71. The number of anilines is 1. The quantitative estimate of drug-likeness (QED) is 0.857. The van der Waals surface area contributed by atoms with E-state index in [9.17, 15) is 4.79 Å². The summed E-state index contributed by atoms with van der Waals surface area (Å²) in [5.41, 5.74) is 7.48. The van der Waals surface area contributed by atoms with Crippen LogP contribution in [0.3, 0.4) is 0 Å². The number of ether oxygens (including phenoxy) is 1. The Morgan fingerprint density at radius 3 is 3.06 bits per heavy atom. The van der Waals surface area contributed by atoms with E-state index < -0.39 is 0 Å². The predicted molar refractivity (Wildman–Crippen MR) is 66.7 cm³/mol. The number of amides is 1. The molecule has 1 aliphatic rings. The van der Waals surface area contributed by atoms with E-state index in [-0.39, 0.29) is 12.0 Å². The summed E-state index contributed by atoms with van der Waals surface area (Å²) in [6.07, 6.45) is 1.51. The monoisotopic (exact) mass is 234 g/mol. The normalized spacial score (nSPS) is 19.3. The van der Waals surface area contributed by atoms with Crippen molar-refractivity contribution in [3.05, 3.63) is 29.8 Å². The molecule has 0 radical (unpaired) electrons. The van der Waals surface area contributed by atoms with Gasteiger partial charge in [-0.25, -0.2) is 0 Å². The second-order valence-corrected chi connectivity index (χ2v) is 4.27. The van der Waals surface area contributed by atoms with Crippen molar-refractivity contribution in [1.82, 2.24) is 0 Å². The van der Waals surface area contributed by atoms with Crippen molar-refractivity contribution in [2.45, 2.75) is 25.5 Å². The maximum Gasteiger partial charge on any atom is 0.255 e. The molecule has 2 rings (SSSR count). The van der Waals surface area contributed by atoms with Crippen molar-refractivity contribution in [3.8, 4) is 0 Å². The number of nitrogens with two attached hydrogens (primary N) is 1. The van der Waals surface area contributed by atoms with Crippen molar-refractivity contribution in [1.29, 1.82) is 0 Å². The van der Waals surface area contributed by atoms with Gasteiger partial charge < -0.3 is 15.4 Å². The SMILES string of the molecule is CN(C(=O)C1CCCO1)c1cccc(CN)c1. The molecular formula is C13H18N2O2. The van der Waals surface area contributed by atoms with Crippen LogP contribution in [0.5, 0.6) is 0 Å². The maximum absolute atomic E-state index is 12.1. The standard InChI is InChI=1S/C13H18N2O2/c1-15(13(16)12-6-3-7-17-12)11-5-2-4-10(8-11)9-14/h2,4-5,8,12H,3,6-7,9,14H2,1H3. The first-order chi connectivity index (χ1) is 8.22. The average molecular weight is 234 g/mol. The minimum atomic E-state index is -0.276. The third-order valence-corrected chi connectivity index (χ3v) is 3.07. The van der Waals surface area contributed by atoms with Gasteiger partial charge >= 0.3 is 0 Å². The number of benzene rings is 1. The highest BCUT2D eigenvalue weighted by Crippen LogP contribution is 2.20. The second kappa shape index (κ2) is 5.29. The molecule has 0 aliphatic carbocycles. The van der Waals surface area contributed by atoms with Gasteiger partial charge in [0.15, 0.2) is 0 Å². The van der Waals surface area contributed by atoms with Gasteiger partial charge in [0, 0.05) is 25.9 Å². The minimum absolute atomic E-state index is 0.0247. The molecule has 4 heteroatoms. The van der Waals surface area contributed by atoms with Crippen LogP contribution in [0.15, 0.2) is 24.3 Å². The highest BCUT2D eigenvalue weighted by atomic mass is 16.5. The molecule has 2 N–H and O–H groups in total. The fraction of sp³-hybridized carbons (Fsp3) is 0.462. The Labute approximate surface area is 101 Å². The van der Waals surface area contributed by atoms with E-state index in [1.54, 1.807) is 11.9 Å². The summed E-state index contributed by atoms with van der Waals surface area (Å²) >= 11 is 0. The molecule has 17 heavy (non-hydrogen) atoms. The molecule has 1 aliphatic heterocycles. The number of carbonyl (C=O) groups excluding carboxylic acids is 1. The predicted octanol–water partition coefficient (Wildman–Crippen LogP) is 1.29. The fourth-order valence-corrected chi connectivity index (χ4v) is 2.01. The van der Waals surface area contributed by atoms with Crippen LogP contribution in [-0.4, -0.2) is 25.7 Å². The van der Waals surface area contributed by atoms with Crippen LogP contribution < -0.4 is 10.6 Å². The summed E-state index contributed by atoms with van der Waals surface area (Å²) in [5.74, 6) is 0.0247. The first kappa shape index (κ1) is 12.1. The third kappa shape index (κ3) is 2.65. The number of carbonyl (C=O) groups is 1. The molecule has 0 saturated carbocycles. The summed E-state index contributed by atoms with van der Waals surface area (Å²) in [6.45, 7) is 1.17. The molecule has 1 amide bonds. The Bertz CT molecular complexity index is 400. The summed E-state index contributed by atoms with van der Waals surface area (Å²) in [7, 11) is 1.78. The Kier molecular flexibility index (Phi) is 3.76. The third-order valence-electron chi connectivity index (χ3n) is 3.07. The number of rotatable bonds is 3. The Morgan fingerprint density at radius 1 is 1.59 bits per heavy atom. The first-order valence-electron chi connectivity index (χ1n) is 5.90. The average Bonchev–Trinajstić information content (AvgIpc) is 2.91. The zero-order chi connectivity index (χ0) is 12.3. The lowest BCUT2D eigenvalue weighted by Gasteiger charge is -2.21. The lowest BCUT2D eigenvalue weighted by atomic mass is 10.1. The zero-order valence-electron chi connectivity index (χ0n) is 10.1. The van der Waals surface area contributed by atoms with Crippen LogP contribution in [0.25, 0.3) is 0 Å². The molecule has 4 nitrogen and oxygen atoms in total. The van der Waals surface area contributed by atoms with E-state index >= 15 is 0 Å². The van der Waals surface area contributed by atoms with Gasteiger partial charge in [-0.2, -0.15) is 0 Å². The lowest BCUT2D eigenvalue weighted by Crippen LogP contribution is -2.36. The molecule has 1 saturated heterocycles. The maximum atomic E-state index is 12.1. The molecule has 0 spiro atoms. The number of hydrogen-bond donors (Lipinski definition) is 1. The van der Waals surface area contributed by atoms with Crippen LogP contribution in [-0.2, 0) is 16.1 Å². The van der Waals surface area contributed by atoms with Gasteiger partial charge in [-0.15, -0.1) is 0 Å². The van der Waals surface area contributed by atoms with Gasteiger partial charge in [-0.1, -0.05) is 12.1 Å². The van der Waals surface area contributed by atoms with Crippen LogP contribution in [0.4, 0.5) is 5.69 Å². The lowest BCUT2D eigenvalue weighted by molar-refractivity contribution is -0.127. The molecule has 1 aromatic carbocycles. The van der Waals surface area contributed by atoms with Gasteiger partial charge in [0.25, 0.3) is 5.91 Å². The van der Waals surface area contributed by atoms with Crippen LogP contribution in [0, 0.1) is 0 Å². The van der Waals surface area contributed by atoms with E-state index in [1.165, 1.54) is 0 Å². The minimum Gasteiger partial charge on any atom is -0.368 e. The Morgan fingerprint density at radius 2 is 2.41 bits per heavy atom. The van der Waals surface area contributed by atoms with Crippen molar-refractivity contribution in [3.63, 3.8) is 0 Å². The van der Waals surface area contributed by atoms with E-state index in [1.807, 2.05) is 24.3 Å². The highest BCUT2D eigenvalue weighted by molar-refractivity contribution is 5.96. The largest absolute Gasteiger partial charge is 0.368 e. The molecule has 0 bridgehead atoms. The van der Waals surface area contributed by atoms with Gasteiger partial charge in [0.1, 0.15) is 6.10 Å². The van der Waals surface area contributed by atoms with E-state index in [4.69, 9.17) is 10.5 Å². The Balaban J connectivity index is 2.12. The molecule has 0 aromatic heterocycles. The van der Waals surface area contributed by atoms with E-state index in [0.717, 1.165) is 24.1 Å². The molecule has 1 atom stereocenters. The molecule has 1 unspecified atom stereocenters. The Hall–Kier alpha value is -1.39. The summed E-state index contributed by atoms with van der Waals surface area (Å²) in [4.78, 5) is 13.8. The topological polar surface area (TPSA) is 55.6 Å². The van der Waals surface area contributed by atoms with Crippen molar-refractivity contribution < 1.29 is 9.53 Å². The van der Waals surface area contributed by atoms with Crippen molar-refractivity contribution in [2.24, 2.45) is 5.73 Å². The van der Waals surface area contributed by atoms with Gasteiger partial charge in [0.05, 0.1) is 0 Å². The zero-order valence-corrected chi connectivity index (χ0v) is 10.1. The van der Waals surface area contributed by atoms with Crippen LogP contribution in [0.1, 0.15) is 18.4 Å². The molecule has 1 heterocycles. The first-order valence-corrected chi connectivity index (χ1v) is 5.90. The number of hydrogen-bond acceptors (Lipinski definition) is 3. The smallest absolute Gasteiger partial charge is 0.255 e. The summed E-state index contributed by atoms with van der Waals surface area (Å²) < 4.78 is 5.40. The molecule has 1 aromatic rings. The summed E-state index contributed by atoms with van der Waals surface area (Å²) in [5, 5.41) is 0. The highest BCUT2D eigenvalue weighted by Gasteiger charge is 2.27. The molecule has 92 valence electrons. The second-order valence-electron chi connectivity index (χ2n) is 4.27. The number of nitrogens with zero attached hydrogens (tertiary/aromatic N) is 1. The van der Waals surface area contributed by atoms with Gasteiger partial charge in [0.2, 0.25) is 0 Å². The fourth-order valence-electron chi connectivity index (χ4n) is 2.01. The van der Waals surface area contributed by atoms with Gasteiger partial charge in [-0.3, -0.25) is 4.79 Å². The van der Waals surface area contributed by atoms with Crippen LogP contribution in [0.2, 0.25) is 0 Å².